The van der Waals surface area contributed by atoms with Crippen molar-refractivity contribution in [1.29, 1.82) is 0 Å². The number of hydrogen-bond donors (Lipinski definition) is 0. The number of amides is 1. The SMILES string of the molecule is O=CN1CCCC[C@H]1c1ccc(Oc2ccccc2)nc1. The summed E-state index contributed by atoms with van der Waals surface area (Å²) in [6.45, 7) is 0.830. The summed E-state index contributed by atoms with van der Waals surface area (Å²) >= 11 is 0. The van der Waals surface area contributed by atoms with Crippen LogP contribution in [0, 0.1) is 0 Å². The summed E-state index contributed by atoms with van der Waals surface area (Å²) < 4.78 is 5.68. The zero-order valence-corrected chi connectivity index (χ0v) is 11.8. The topological polar surface area (TPSA) is 42.4 Å². The number of rotatable bonds is 4. The molecule has 0 aliphatic carbocycles. The highest BCUT2D eigenvalue weighted by Gasteiger charge is 2.22. The van der Waals surface area contributed by atoms with Crippen LogP contribution in [0.4, 0.5) is 0 Å². The van der Waals surface area contributed by atoms with Gasteiger partial charge in [0.15, 0.2) is 0 Å². The third-order valence-corrected chi connectivity index (χ3v) is 3.79. The molecule has 2 heterocycles. The Balaban J connectivity index is 1.73. The van der Waals surface area contributed by atoms with Crippen LogP contribution < -0.4 is 4.74 Å². The van der Waals surface area contributed by atoms with Crippen molar-refractivity contribution < 1.29 is 9.53 Å². The van der Waals surface area contributed by atoms with Gasteiger partial charge >= 0.3 is 0 Å². The second-order valence-corrected chi connectivity index (χ2v) is 5.20. The fourth-order valence-electron chi connectivity index (χ4n) is 2.70. The summed E-state index contributed by atoms with van der Waals surface area (Å²) in [5.74, 6) is 1.34. The molecule has 108 valence electrons. The summed E-state index contributed by atoms with van der Waals surface area (Å²) in [5.41, 5.74) is 1.07. The lowest BCUT2D eigenvalue weighted by Gasteiger charge is -2.32. The van der Waals surface area contributed by atoms with E-state index < -0.39 is 0 Å². The molecule has 3 rings (SSSR count). The third-order valence-electron chi connectivity index (χ3n) is 3.79. The fraction of sp³-hybridized carbons (Fsp3) is 0.294. The highest BCUT2D eigenvalue weighted by Crippen LogP contribution is 2.30. The first-order valence-electron chi connectivity index (χ1n) is 7.27. The van der Waals surface area contributed by atoms with E-state index in [0.29, 0.717) is 5.88 Å². The van der Waals surface area contributed by atoms with E-state index in [0.717, 1.165) is 43.5 Å². The van der Waals surface area contributed by atoms with Crippen molar-refractivity contribution in [3.8, 4) is 11.6 Å². The molecule has 0 radical (unpaired) electrons. The highest BCUT2D eigenvalue weighted by molar-refractivity contribution is 5.49. The molecule has 1 aromatic carbocycles. The van der Waals surface area contributed by atoms with Crippen molar-refractivity contribution in [2.24, 2.45) is 0 Å². The van der Waals surface area contributed by atoms with Crippen molar-refractivity contribution in [3.05, 3.63) is 54.2 Å². The molecule has 1 aromatic heterocycles. The van der Waals surface area contributed by atoms with Crippen LogP contribution in [0.2, 0.25) is 0 Å². The monoisotopic (exact) mass is 282 g/mol. The molecule has 4 heteroatoms. The molecule has 0 spiro atoms. The molecule has 1 fully saturated rings. The second kappa shape index (κ2) is 6.39. The van der Waals surface area contributed by atoms with Crippen LogP contribution in [0.15, 0.2) is 48.7 Å². The van der Waals surface area contributed by atoms with Gasteiger partial charge in [-0.05, 0) is 37.0 Å². The fourth-order valence-corrected chi connectivity index (χ4v) is 2.70. The van der Waals surface area contributed by atoms with Gasteiger partial charge in [0.1, 0.15) is 5.75 Å². The van der Waals surface area contributed by atoms with Gasteiger partial charge in [0.05, 0.1) is 6.04 Å². The lowest BCUT2D eigenvalue weighted by atomic mass is 9.97. The summed E-state index contributed by atoms with van der Waals surface area (Å²) in [4.78, 5) is 17.3. The Morgan fingerprint density at radius 2 is 2.00 bits per heavy atom. The smallest absolute Gasteiger partial charge is 0.219 e. The zero-order valence-electron chi connectivity index (χ0n) is 11.8. The Hall–Kier alpha value is -2.36. The maximum atomic E-state index is 11.1. The van der Waals surface area contributed by atoms with E-state index in [1.807, 2.05) is 53.6 Å². The largest absolute Gasteiger partial charge is 0.439 e. The number of carbonyl (C=O) groups is 1. The quantitative estimate of drug-likeness (QED) is 0.805. The van der Waals surface area contributed by atoms with Gasteiger partial charge in [0.25, 0.3) is 0 Å². The van der Waals surface area contributed by atoms with Crippen molar-refractivity contribution in [1.82, 2.24) is 9.88 Å². The minimum Gasteiger partial charge on any atom is -0.439 e. The number of pyridine rings is 1. The summed E-state index contributed by atoms with van der Waals surface area (Å²) in [5, 5.41) is 0. The molecule has 21 heavy (non-hydrogen) atoms. The van der Waals surface area contributed by atoms with Gasteiger partial charge in [0, 0.05) is 18.8 Å². The van der Waals surface area contributed by atoms with Gasteiger partial charge in [-0.25, -0.2) is 4.98 Å². The molecule has 0 unspecified atom stereocenters. The van der Waals surface area contributed by atoms with Crippen LogP contribution in [-0.4, -0.2) is 22.8 Å². The molecule has 1 amide bonds. The Morgan fingerprint density at radius 1 is 1.14 bits per heavy atom. The average Bonchev–Trinajstić information content (AvgIpc) is 2.56. The molecular formula is C17H18N2O2. The molecule has 0 N–H and O–H groups in total. The lowest BCUT2D eigenvalue weighted by molar-refractivity contribution is -0.121. The predicted molar refractivity (Wildman–Crippen MR) is 80.1 cm³/mol. The zero-order chi connectivity index (χ0) is 14.5. The van der Waals surface area contributed by atoms with Crippen molar-refractivity contribution in [2.75, 3.05) is 6.54 Å². The van der Waals surface area contributed by atoms with Gasteiger partial charge in [-0.15, -0.1) is 0 Å². The number of nitrogens with zero attached hydrogens (tertiary/aromatic N) is 2. The van der Waals surface area contributed by atoms with Crippen LogP contribution in [-0.2, 0) is 4.79 Å². The van der Waals surface area contributed by atoms with E-state index in [9.17, 15) is 4.79 Å². The first-order valence-corrected chi connectivity index (χ1v) is 7.27. The van der Waals surface area contributed by atoms with E-state index in [-0.39, 0.29) is 6.04 Å². The number of hydrogen-bond acceptors (Lipinski definition) is 3. The van der Waals surface area contributed by atoms with Crippen LogP contribution in [0.3, 0.4) is 0 Å². The van der Waals surface area contributed by atoms with E-state index in [1.165, 1.54) is 0 Å². The van der Waals surface area contributed by atoms with Crippen LogP contribution >= 0.6 is 0 Å². The van der Waals surface area contributed by atoms with E-state index in [4.69, 9.17) is 4.74 Å². The van der Waals surface area contributed by atoms with E-state index in [1.54, 1.807) is 0 Å². The van der Waals surface area contributed by atoms with Crippen LogP contribution in [0.25, 0.3) is 0 Å². The number of aromatic nitrogens is 1. The minimum absolute atomic E-state index is 0.148. The third kappa shape index (κ3) is 3.21. The molecule has 2 aromatic rings. The van der Waals surface area contributed by atoms with Crippen molar-refractivity contribution >= 4 is 6.41 Å². The molecule has 1 aliphatic heterocycles. The summed E-state index contributed by atoms with van der Waals surface area (Å²) in [6, 6.07) is 13.6. The second-order valence-electron chi connectivity index (χ2n) is 5.20. The first-order chi connectivity index (χ1) is 10.4. The van der Waals surface area contributed by atoms with Crippen molar-refractivity contribution in [2.45, 2.75) is 25.3 Å². The molecule has 0 saturated carbocycles. The molecule has 1 atom stereocenters. The van der Waals surface area contributed by atoms with Gasteiger partial charge < -0.3 is 9.64 Å². The van der Waals surface area contributed by atoms with Crippen LogP contribution in [0.5, 0.6) is 11.6 Å². The average molecular weight is 282 g/mol. The van der Waals surface area contributed by atoms with Gasteiger partial charge in [-0.2, -0.15) is 0 Å². The number of carbonyl (C=O) groups excluding carboxylic acids is 1. The highest BCUT2D eigenvalue weighted by atomic mass is 16.5. The Bertz CT molecular complexity index is 583. The molecule has 1 aliphatic rings. The predicted octanol–water partition coefficient (Wildman–Crippen LogP) is 3.56. The van der Waals surface area contributed by atoms with Gasteiger partial charge in [-0.3, -0.25) is 4.79 Å². The Morgan fingerprint density at radius 3 is 2.71 bits per heavy atom. The number of likely N-dealkylation sites (tertiary alicyclic amines) is 1. The van der Waals surface area contributed by atoms with Crippen LogP contribution in [0.1, 0.15) is 30.9 Å². The number of para-hydroxylation sites is 1. The normalized spacial score (nSPS) is 18.3. The number of ether oxygens (including phenoxy) is 1. The van der Waals surface area contributed by atoms with Crippen molar-refractivity contribution in [3.63, 3.8) is 0 Å². The Labute approximate surface area is 124 Å². The number of piperidine rings is 1. The molecular weight excluding hydrogens is 264 g/mol. The van der Waals surface area contributed by atoms with E-state index in [2.05, 4.69) is 4.98 Å². The molecule has 4 nitrogen and oxygen atoms in total. The lowest BCUT2D eigenvalue weighted by Crippen LogP contribution is -2.32. The van der Waals surface area contributed by atoms with Gasteiger partial charge in [0.2, 0.25) is 12.3 Å². The molecule has 0 bridgehead atoms. The standard InChI is InChI=1S/C17H18N2O2/c20-13-19-11-5-4-8-16(19)14-9-10-17(18-12-14)21-15-6-2-1-3-7-15/h1-3,6-7,9-10,12-13,16H,4-5,8,11H2/t16-/m0/s1. The maximum Gasteiger partial charge on any atom is 0.219 e. The summed E-state index contributed by atoms with van der Waals surface area (Å²) in [7, 11) is 0. The van der Waals surface area contributed by atoms with Gasteiger partial charge in [-0.1, -0.05) is 24.3 Å². The number of benzene rings is 1. The first kappa shape index (κ1) is 13.6. The summed E-state index contributed by atoms with van der Waals surface area (Å²) in [6.07, 6.45) is 5.98. The molecule has 1 saturated heterocycles. The maximum absolute atomic E-state index is 11.1. The Kier molecular flexibility index (Phi) is 4.15. The minimum atomic E-state index is 0.148. The van der Waals surface area contributed by atoms with E-state index >= 15 is 0 Å².